The number of carbonyl (C=O) groups excluding carboxylic acids is 1. The van der Waals surface area contributed by atoms with Crippen LogP contribution in [-0.2, 0) is 16.1 Å². The van der Waals surface area contributed by atoms with Gasteiger partial charge in [-0.1, -0.05) is 12.1 Å². The van der Waals surface area contributed by atoms with Gasteiger partial charge in [-0.2, -0.15) is 5.10 Å². The second-order valence-corrected chi connectivity index (χ2v) is 5.85. The summed E-state index contributed by atoms with van der Waals surface area (Å²) in [7, 11) is 1.58. The molecular weight excluding hydrogens is 322 g/mol. The van der Waals surface area contributed by atoms with Crippen molar-refractivity contribution in [2.24, 2.45) is 0 Å². The summed E-state index contributed by atoms with van der Waals surface area (Å²) < 4.78 is 12.0. The lowest BCUT2D eigenvalue weighted by Gasteiger charge is -2.12. The maximum atomic E-state index is 12.1. The van der Waals surface area contributed by atoms with Crippen molar-refractivity contribution >= 4 is 5.91 Å². The Bertz CT molecular complexity index is 797. The molecule has 7 nitrogen and oxygen atoms in total. The number of aromatic nitrogens is 2. The van der Waals surface area contributed by atoms with Gasteiger partial charge in [-0.3, -0.25) is 9.59 Å². The van der Waals surface area contributed by atoms with E-state index in [1.807, 2.05) is 24.3 Å². The van der Waals surface area contributed by atoms with E-state index in [2.05, 4.69) is 10.4 Å². The Morgan fingerprint density at radius 1 is 1.36 bits per heavy atom. The van der Waals surface area contributed by atoms with E-state index in [0.717, 1.165) is 29.7 Å². The highest BCUT2D eigenvalue weighted by molar-refractivity contribution is 5.75. The van der Waals surface area contributed by atoms with Crippen molar-refractivity contribution in [1.29, 1.82) is 0 Å². The van der Waals surface area contributed by atoms with Crippen molar-refractivity contribution in [2.45, 2.75) is 25.5 Å². The van der Waals surface area contributed by atoms with Gasteiger partial charge < -0.3 is 14.8 Å². The molecule has 132 valence electrons. The van der Waals surface area contributed by atoms with Crippen molar-refractivity contribution < 1.29 is 14.3 Å². The predicted octanol–water partition coefficient (Wildman–Crippen LogP) is 1.21. The number of hydrogen-bond acceptors (Lipinski definition) is 5. The summed E-state index contributed by atoms with van der Waals surface area (Å²) in [6.07, 6.45) is 2.03. The first-order valence-electron chi connectivity index (χ1n) is 8.27. The topological polar surface area (TPSA) is 82.5 Å². The maximum Gasteiger partial charge on any atom is 0.267 e. The van der Waals surface area contributed by atoms with E-state index in [1.54, 1.807) is 13.2 Å². The minimum absolute atomic E-state index is 0.0635. The van der Waals surface area contributed by atoms with Gasteiger partial charge in [0.05, 0.1) is 18.9 Å². The molecule has 0 unspecified atom stereocenters. The smallest absolute Gasteiger partial charge is 0.267 e. The molecule has 1 aromatic heterocycles. The van der Waals surface area contributed by atoms with Crippen LogP contribution < -0.4 is 15.6 Å². The third-order valence-corrected chi connectivity index (χ3v) is 4.09. The fourth-order valence-corrected chi connectivity index (χ4v) is 2.79. The molecule has 0 radical (unpaired) electrons. The number of rotatable bonds is 6. The van der Waals surface area contributed by atoms with Crippen LogP contribution in [0, 0.1) is 0 Å². The summed E-state index contributed by atoms with van der Waals surface area (Å²) in [5, 5.41) is 7.10. The Morgan fingerprint density at radius 3 is 2.96 bits per heavy atom. The minimum Gasteiger partial charge on any atom is -0.496 e. The number of carbonyl (C=O) groups is 1. The van der Waals surface area contributed by atoms with E-state index in [1.165, 1.54) is 6.07 Å². The Hall–Kier alpha value is -2.67. The largest absolute Gasteiger partial charge is 0.496 e. The molecule has 1 aliphatic rings. The zero-order chi connectivity index (χ0) is 17.6. The maximum absolute atomic E-state index is 12.1. The number of hydrogen-bond donors (Lipinski definition) is 1. The molecule has 1 aliphatic heterocycles. The van der Waals surface area contributed by atoms with Gasteiger partial charge in [-0.25, -0.2) is 4.68 Å². The van der Waals surface area contributed by atoms with Crippen LogP contribution in [0.3, 0.4) is 0 Å². The molecule has 2 heterocycles. The average Bonchev–Trinajstić information content (AvgIpc) is 3.15. The van der Waals surface area contributed by atoms with Gasteiger partial charge in [-0.05, 0) is 31.0 Å². The van der Waals surface area contributed by atoms with E-state index >= 15 is 0 Å². The Balaban J connectivity index is 1.73. The van der Waals surface area contributed by atoms with Crippen LogP contribution in [0.2, 0.25) is 0 Å². The highest BCUT2D eigenvalue weighted by Gasteiger charge is 2.17. The number of nitrogens with zero attached hydrogens (tertiary/aromatic N) is 2. The van der Waals surface area contributed by atoms with Crippen LogP contribution in [-0.4, -0.2) is 42.1 Å². The predicted molar refractivity (Wildman–Crippen MR) is 92.5 cm³/mol. The van der Waals surface area contributed by atoms with Crippen LogP contribution in [0.4, 0.5) is 0 Å². The van der Waals surface area contributed by atoms with Gasteiger partial charge in [0.15, 0.2) is 0 Å². The van der Waals surface area contributed by atoms with Crippen molar-refractivity contribution in [2.75, 3.05) is 20.3 Å². The van der Waals surface area contributed by atoms with Gasteiger partial charge in [0.25, 0.3) is 5.56 Å². The van der Waals surface area contributed by atoms with Gasteiger partial charge in [0.2, 0.25) is 5.91 Å². The lowest BCUT2D eigenvalue weighted by Crippen LogP contribution is -2.37. The molecule has 7 heteroatoms. The lowest BCUT2D eigenvalue weighted by atomic mass is 10.1. The van der Waals surface area contributed by atoms with Crippen molar-refractivity contribution in [3.63, 3.8) is 0 Å². The highest BCUT2D eigenvalue weighted by atomic mass is 16.5. The van der Waals surface area contributed by atoms with Crippen LogP contribution >= 0.6 is 0 Å². The number of benzene rings is 1. The third-order valence-electron chi connectivity index (χ3n) is 4.09. The number of amides is 1. The molecule has 2 aromatic rings. The average molecular weight is 343 g/mol. The van der Waals surface area contributed by atoms with Crippen LogP contribution in [0.1, 0.15) is 12.8 Å². The Kier molecular flexibility index (Phi) is 5.45. The quantitative estimate of drug-likeness (QED) is 0.853. The van der Waals surface area contributed by atoms with E-state index in [0.29, 0.717) is 18.0 Å². The molecule has 1 amide bonds. The number of methoxy groups -OCH3 is 1. The molecule has 1 aromatic carbocycles. The van der Waals surface area contributed by atoms with Crippen LogP contribution in [0.5, 0.6) is 5.75 Å². The highest BCUT2D eigenvalue weighted by Crippen LogP contribution is 2.27. The van der Waals surface area contributed by atoms with Gasteiger partial charge in [-0.15, -0.1) is 0 Å². The van der Waals surface area contributed by atoms with Crippen molar-refractivity contribution in [3.8, 4) is 17.0 Å². The molecule has 0 saturated carbocycles. The van der Waals surface area contributed by atoms with E-state index in [4.69, 9.17) is 9.47 Å². The van der Waals surface area contributed by atoms with Crippen molar-refractivity contribution in [3.05, 3.63) is 46.8 Å². The summed E-state index contributed by atoms with van der Waals surface area (Å²) in [4.78, 5) is 24.1. The number of para-hydroxylation sites is 1. The first-order valence-corrected chi connectivity index (χ1v) is 8.27. The summed E-state index contributed by atoms with van der Waals surface area (Å²) in [5.74, 6) is 0.394. The van der Waals surface area contributed by atoms with E-state index in [9.17, 15) is 9.59 Å². The SMILES string of the molecule is COc1ccccc1-c1ccc(=O)n(CC(=O)NC[C@@H]2CCCO2)n1. The van der Waals surface area contributed by atoms with E-state index < -0.39 is 0 Å². The van der Waals surface area contributed by atoms with Crippen molar-refractivity contribution in [1.82, 2.24) is 15.1 Å². The van der Waals surface area contributed by atoms with Gasteiger partial charge >= 0.3 is 0 Å². The fraction of sp³-hybridized carbons (Fsp3) is 0.389. The molecule has 0 aliphatic carbocycles. The monoisotopic (exact) mass is 343 g/mol. The molecule has 0 bridgehead atoms. The minimum atomic E-state index is -0.328. The molecule has 1 saturated heterocycles. The van der Waals surface area contributed by atoms with Gasteiger partial charge in [0, 0.05) is 24.8 Å². The van der Waals surface area contributed by atoms with Crippen LogP contribution in [0.15, 0.2) is 41.2 Å². The zero-order valence-electron chi connectivity index (χ0n) is 14.1. The van der Waals surface area contributed by atoms with Crippen LogP contribution in [0.25, 0.3) is 11.3 Å². The summed E-state index contributed by atoms with van der Waals surface area (Å²) in [6, 6.07) is 10.4. The summed E-state index contributed by atoms with van der Waals surface area (Å²) in [6.45, 7) is 1.07. The molecule has 0 spiro atoms. The van der Waals surface area contributed by atoms with Gasteiger partial charge in [0.1, 0.15) is 12.3 Å². The normalized spacial score (nSPS) is 16.6. The standard InChI is InChI=1S/C18H21N3O4/c1-24-16-7-3-2-6-14(16)15-8-9-18(23)21(20-15)12-17(22)19-11-13-5-4-10-25-13/h2-3,6-9,13H,4-5,10-12H2,1H3,(H,19,22)/t13-/m0/s1. The second-order valence-electron chi connectivity index (χ2n) is 5.85. The third kappa shape index (κ3) is 4.24. The fourth-order valence-electron chi connectivity index (χ4n) is 2.79. The first-order chi connectivity index (χ1) is 12.2. The Morgan fingerprint density at radius 2 is 2.20 bits per heavy atom. The lowest BCUT2D eigenvalue weighted by molar-refractivity contribution is -0.122. The second kappa shape index (κ2) is 7.94. The van der Waals surface area contributed by atoms with E-state index in [-0.39, 0.29) is 24.1 Å². The summed E-state index contributed by atoms with van der Waals surface area (Å²) in [5.41, 5.74) is 1.01. The molecule has 1 fully saturated rings. The molecule has 25 heavy (non-hydrogen) atoms. The molecule has 3 rings (SSSR count). The number of ether oxygens (including phenoxy) is 2. The first kappa shape index (κ1) is 17.2. The molecule has 1 N–H and O–H groups in total. The number of nitrogens with one attached hydrogen (secondary N) is 1. The molecular formula is C18H21N3O4. The summed E-state index contributed by atoms with van der Waals surface area (Å²) >= 11 is 0. The molecule has 1 atom stereocenters. The Labute approximate surface area is 145 Å². The zero-order valence-corrected chi connectivity index (χ0v) is 14.1.